The molecular weight excluding hydrogens is 294 g/mol. The van der Waals surface area contributed by atoms with E-state index in [1.54, 1.807) is 31.2 Å². The zero-order valence-electron chi connectivity index (χ0n) is 13.2. The van der Waals surface area contributed by atoms with Crippen molar-refractivity contribution in [1.82, 2.24) is 0 Å². The second-order valence-electron chi connectivity index (χ2n) is 5.52. The maximum absolute atomic E-state index is 12.6. The maximum Gasteiger partial charge on any atom is 0.203 e. The molecule has 1 aliphatic rings. The molecule has 2 aromatic rings. The predicted octanol–water partition coefficient (Wildman–Crippen LogP) is 3.00. The Morgan fingerprint density at radius 3 is 2.61 bits per heavy atom. The smallest absolute Gasteiger partial charge is 0.203 e. The molecule has 2 N–H and O–H groups in total. The number of nitrogen functional groups attached to an aromatic ring is 1. The van der Waals surface area contributed by atoms with E-state index in [0.29, 0.717) is 41.7 Å². The van der Waals surface area contributed by atoms with Gasteiger partial charge in [0.25, 0.3) is 0 Å². The van der Waals surface area contributed by atoms with Crippen molar-refractivity contribution in [3.63, 3.8) is 0 Å². The molecule has 23 heavy (non-hydrogen) atoms. The number of anilines is 1. The predicted molar refractivity (Wildman–Crippen MR) is 87.4 cm³/mol. The van der Waals surface area contributed by atoms with E-state index in [2.05, 4.69) is 0 Å². The molecule has 1 heterocycles. The molecule has 3 rings (SSSR count). The molecule has 1 unspecified atom stereocenters. The number of hydrogen-bond acceptors (Lipinski definition) is 5. The molecule has 120 valence electrons. The van der Waals surface area contributed by atoms with Gasteiger partial charge in [0.15, 0.2) is 17.6 Å². The number of benzene rings is 2. The van der Waals surface area contributed by atoms with Crippen molar-refractivity contribution in [2.45, 2.75) is 20.0 Å². The van der Waals surface area contributed by atoms with Crippen molar-refractivity contribution < 1.29 is 19.0 Å². The molecule has 5 heteroatoms. The molecule has 0 saturated carbocycles. The molecule has 0 aliphatic carbocycles. The van der Waals surface area contributed by atoms with Crippen molar-refractivity contribution in [2.75, 3.05) is 18.9 Å². The normalized spacial score (nSPS) is 14.2. The SMILES string of the molecule is Cc1ccc(OC(C)C(=O)c2ccc3c(c2)OCCO3)c(N)c1. The summed E-state index contributed by atoms with van der Waals surface area (Å²) >= 11 is 0. The van der Waals surface area contributed by atoms with Gasteiger partial charge in [-0.3, -0.25) is 4.79 Å². The largest absolute Gasteiger partial charge is 0.486 e. The van der Waals surface area contributed by atoms with Gasteiger partial charge in [-0.15, -0.1) is 0 Å². The molecule has 0 bridgehead atoms. The average molecular weight is 313 g/mol. The Labute approximate surface area is 135 Å². The lowest BCUT2D eigenvalue weighted by atomic mass is 10.1. The third-order valence-electron chi connectivity index (χ3n) is 3.66. The van der Waals surface area contributed by atoms with Crippen LogP contribution in [0.15, 0.2) is 36.4 Å². The van der Waals surface area contributed by atoms with E-state index in [1.165, 1.54) is 0 Å². The highest BCUT2D eigenvalue weighted by Gasteiger charge is 2.21. The van der Waals surface area contributed by atoms with Crippen LogP contribution in [0.3, 0.4) is 0 Å². The van der Waals surface area contributed by atoms with Crippen molar-refractivity contribution in [3.05, 3.63) is 47.5 Å². The first-order chi connectivity index (χ1) is 11.0. The van der Waals surface area contributed by atoms with Gasteiger partial charge in [0.2, 0.25) is 5.78 Å². The molecule has 0 amide bonds. The molecule has 0 radical (unpaired) electrons. The summed E-state index contributed by atoms with van der Waals surface area (Å²) in [5.41, 5.74) is 8.01. The van der Waals surface area contributed by atoms with E-state index in [9.17, 15) is 4.79 Å². The Morgan fingerprint density at radius 2 is 1.87 bits per heavy atom. The molecule has 0 aromatic heterocycles. The number of nitrogens with two attached hydrogens (primary N) is 1. The van der Waals surface area contributed by atoms with E-state index < -0.39 is 6.10 Å². The summed E-state index contributed by atoms with van der Waals surface area (Å²) in [6, 6.07) is 10.6. The summed E-state index contributed by atoms with van der Waals surface area (Å²) in [6.07, 6.45) is -0.650. The Morgan fingerprint density at radius 1 is 1.13 bits per heavy atom. The highest BCUT2D eigenvalue weighted by molar-refractivity contribution is 6.00. The number of Topliss-reactive ketones (excluding diaryl/α,β-unsaturated/α-hetero) is 1. The third-order valence-corrected chi connectivity index (χ3v) is 3.66. The number of fused-ring (bicyclic) bond motifs is 1. The lowest BCUT2D eigenvalue weighted by Crippen LogP contribution is -2.24. The van der Waals surface area contributed by atoms with Gasteiger partial charge in [-0.05, 0) is 49.7 Å². The zero-order chi connectivity index (χ0) is 16.4. The first-order valence-corrected chi connectivity index (χ1v) is 7.51. The van der Waals surface area contributed by atoms with Crippen LogP contribution in [-0.2, 0) is 0 Å². The molecule has 5 nitrogen and oxygen atoms in total. The number of ether oxygens (including phenoxy) is 3. The third kappa shape index (κ3) is 3.23. The van der Waals surface area contributed by atoms with Crippen molar-refractivity contribution >= 4 is 11.5 Å². The fourth-order valence-corrected chi connectivity index (χ4v) is 2.45. The first kappa shape index (κ1) is 15.2. The van der Waals surface area contributed by atoms with Crippen LogP contribution in [0.25, 0.3) is 0 Å². The molecule has 0 spiro atoms. The average Bonchev–Trinajstić information content (AvgIpc) is 2.56. The van der Waals surface area contributed by atoms with Gasteiger partial charge >= 0.3 is 0 Å². The molecule has 0 saturated heterocycles. The number of hydrogen-bond donors (Lipinski definition) is 1. The minimum atomic E-state index is -0.650. The number of carbonyl (C=O) groups is 1. The summed E-state index contributed by atoms with van der Waals surface area (Å²) in [6.45, 7) is 4.66. The maximum atomic E-state index is 12.6. The molecule has 2 aromatic carbocycles. The minimum absolute atomic E-state index is 0.137. The lowest BCUT2D eigenvalue weighted by molar-refractivity contribution is 0.0818. The van der Waals surface area contributed by atoms with Gasteiger partial charge in [-0.2, -0.15) is 0 Å². The Bertz CT molecular complexity index is 742. The van der Waals surface area contributed by atoms with Gasteiger partial charge in [-0.1, -0.05) is 6.07 Å². The molecule has 1 atom stereocenters. The number of aryl methyl sites for hydroxylation is 1. The quantitative estimate of drug-likeness (QED) is 0.694. The van der Waals surface area contributed by atoms with Crippen LogP contribution in [0.2, 0.25) is 0 Å². The van der Waals surface area contributed by atoms with E-state index in [4.69, 9.17) is 19.9 Å². The highest BCUT2D eigenvalue weighted by atomic mass is 16.6. The summed E-state index contributed by atoms with van der Waals surface area (Å²) < 4.78 is 16.7. The molecule has 1 aliphatic heterocycles. The van der Waals surface area contributed by atoms with Crippen LogP contribution in [0.4, 0.5) is 5.69 Å². The minimum Gasteiger partial charge on any atom is -0.486 e. The number of ketones is 1. The van der Waals surface area contributed by atoms with Crippen LogP contribution in [-0.4, -0.2) is 25.1 Å². The summed E-state index contributed by atoms with van der Waals surface area (Å²) in [5.74, 6) is 1.62. The van der Waals surface area contributed by atoms with Gasteiger partial charge in [0.05, 0.1) is 5.69 Å². The van der Waals surface area contributed by atoms with E-state index in [1.807, 2.05) is 19.1 Å². The molecular formula is C18H19NO4. The van der Waals surface area contributed by atoms with Crippen molar-refractivity contribution in [3.8, 4) is 17.2 Å². The van der Waals surface area contributed by atoms with Crippen molar-refractivity contribution in [2.24, 2.45) is 0 Å². The second kappa shape index (κ2) is 6.20. The van der Waals surface area contributed by atoms with Gasteiger partial charge in [0, 0.05) is 5.56 Å². The van der Waals surface area contributed by atoms with Gasteiger partial charge < -0.3 is 19.9 Å². The zero-order valence-corrected chi connectivity index (χ0v) is 13.2. The van der Waals surface area contributed by atoms with Crippen LogP contribution in [0.5, 0.6) is 17.2 Å². The van der Waals surface area contributed by atoms with Crippen LogP contribution in [0, 0.1) is 6.92 Å². The van der Waals surface area contributed by atoms with Crippen LogP contribution in [0.1, 0.15) is 22.8 Å². The summed E-state index contributed by atoms with van der Waals surface area (Å²) in [4.78, 5) is 12.6. The lowest BCUT2D eigenvalue weighted by Gasteiger charge is -2.20. The Balaban J connectivity index is 1.77. The standard InChI is InChI=1S/C18H19NO4/c1-11-3-5-15(14(19)9-11)23-12(2)18(20)13-4-6-16-17(10-13)22-8-7-21-16/h3-6,9-10,12H,7-8,19H2,1-2H3. The molecule has 0 fully saturated rings. The van der Waals surface area contributed by atoms with Crippen LogP contribution < -0.4 is 19.9 Å². The Kier molecular flexibility index (Phi) is 4.10. The fraction of sp³-hybridized carbons (Fsp3) is 0.278. The monoisotopic (exact) mass is 313 g/mol. The van der Waals surface area contributed by atoms with E-state index in [0.717, 1.165) is 5.56 Å². The fourth-order valence-electron chi connectivity index (χ4n) is 2.45. The van der Waals surface area contributed by atoms with E-state index >= 15 is 0 Å². The van der Waals surface area contributed by atoms with Crippen molar-refractivity contribution in [1.29, 1.82) is 0 Å². The second-order valence-corrected chi connectivity index (χ2v) is 5.52. The number of rotatable bonds is 4. The van der Waals surface area contributed by atoms with Gasteiger partial charge in [0.1, 0.15) is 19.0 Å². The summed E-state index contributed by atoms with van der Waals surface area (Å²) in [5, 5.41) is 0. The number of carbonyl (C=O) groups excluding carboxylic acids is 1. The highest BCUT2D eigenvalue weighted by Crippen LogP contribution is 2.31. The van der Waals surface area contributed by atoms with Gasteiger partial charge in [-0.25, -0.2) is 0 Å². The summed E-state index contributed by atoms with van der Waals surface area (Å²) in [7, 11) is 0. The first-order valence-electron chi connectivity index (χ1n) is 7.51. The Hall–Kier alpha value is -2.69. The van der Waals surface area contributed by atoms with Crippen LogP contribution >= 0.6 is 0 Å². The topological polar surface area (TPSA) is 70.8 Å². The van der Waals surface area contributed by atoms with E-state index in [-0.39, 0.29) is 5.78 Å².